The fourth-order valence-electron chi connectivity index (χ4n) is 1.24. The molecule has 0 fully saturated rings. The van der Waals surface area contributed by atoms with Crippen molar-refractivity contribution in [3.63, 3.8) is 0 Å². The van der Waals surface area contributed by atoms with Crippen LogP contribution in [0.1, 0.15) is 20.3 Å². The van der Waals surface area contributed by atoms with Gasteiger partial charge in [-0.1, -0.05) is 0 Å². The Hall–Kier alpha value is -0.170. The summed E-state index contributed by atoms with van der Waals surface area (Å²) in [5.41, 5.74) is 0. The zero-order valence-electron chi connectivity index (χ0n) is 10.6. The molecule has 0 atom stereocenters. The number of nitrogens with zero attached hydrogens (tertiary/aromatic N) is 1. The fourth-order valence-corrected chi connectivity index (χ4v) is 2.55. The van der Waals surface area contributed by atoms with Gasteiger partial charge in [-0.25, -0.2) is 8.42 Å². The second-order valence-corrected chi connectivity index (χ2v) is 6.32. The third kappa shape index (κ3) is 5.25. The van der Waals surface area contributed by atoms with Gasteiger partial charge in [0.25, 0.3) is 0 Å². The molecule has 0 aliphatic carbocycles. The van der Waals surface area contributed by atoms with Gasteiger partial charge in [-0.2, -0.15) is 4.31 Å². The van der Waals surface area contributed by atoms with E-state index in [9.17, 15) is 8.42 Å². The molecule has 0 aromatic rings. The predicted molar refractivity (Wildman–Crippen MR) is 64.0 cm³/mol. The minimum absolute atomic E-state index is 0.396. The molecule has 6 heteroatoms. The topological polar surface area (TPSA) is 55.8 Å². The Kier molecular flexibility index (Phi) is 7.91. The Morgan fingerprint density at radius 3 is 2.06 bits per heavy atom. The van der Waals surface area contributed by atoms with Crippen molar-refractivity contribution in [1.29, 1.82) is 0 Å². The average Bonchev–Trinajstić information content (AvgIpc) is 2.22. The lowest BCUT2D eigenvalue weighted by Gasteiger charge is -2.23. The van der Waals surface area contributed by atoms with Gasteiger partial charge in [0.1, 0.15) is 0 Å². The highest BCUT2D eigenvalue weighted by atomic mass is 32.2. The van der Waals surface area contributed by atoms with Crippen LogP contribution in [0.2, 0.25) is 0 Å². The number of rotatable bonds is 9. The molecule has 0 radical (unpaired) electrons. The van der Waals surface area contributed by atoms with E-state index in [1.54, 1.807) is 28.1 Å². The van der Waals surface area contributed by atoms with Crippen LogP contribution in [-0.4, -0.2) is 58.5 Å². The van der Waals surface area contributed by atoms with Crippen molar-refractivity contribution in [3.05, 3.63) is 0 Å². The zero-order chi connectivity index (χ0) is 12.6. The summed E-state index contributed by atoms with van der Waals surface area (Å²) in [7, 11) is -0.0215. The summed E-state index contributed by atoms with van der Waals surface area (Å²) in [5, 5.41) is -0.396. The van der Waals surface area contributed by atoms with E-state index in [1.165, 1.54) is 4.31 Å². The molecule has 0 saturated carbocycles. The van der Waals surface area contributed by atoms with Crippen LogP contribution in [0.4, 0.5) is 0 Å². The maximum atomic E-state index is 12.0. The molecule has 5 nitrogen and oxygen atoms in total. The van der Waals surface area contributed by atoms with E-state index in [0.717, 1.165) is 0 Å². The first-order valence-corrected chi connectivity index (χ1v) is 6.94. The van der Waals surface area contributed by atoms with Crippen LogP contribution >= 0.6 is 0 Å². The summed E-state index contributed by atoms with van der Waals surface area (Å²) in [4.78, 5) is 0. The molecular weight excluding hydrogens is 230 g/mol. The maximum Gasteiger partial charge on any atom is 0.216 e. The molecule has 0 aromatic heterocycles. The largest absolute Gasteiger partial charge is 0.385 e. The number of sulfonamides is 1. The van der Waals surface area contributed by atoms with Crippen molar-refractivity contribution in [1.82, 2.24) is 4.31 Å². The first-order valence-electron chi connectivity index (χ1n) is 5.43. The average molecular weight is 253 g/mol. The molecule has 0 heterocycles. The lowest BCUT2D eigenvalue weighted by molar-refractivity contribution is 0.164. The van der Waals surface area contributed by atoms with Crippen molar-refractivity contribution < 1.29 is 17.9 Å². The van der Waals surface area contributed by atoms with E-state index in [4.69, 9.17) is 9.47 Å². The third-order valence-corrected chi connectivity index (χ3v) is 4.53. The molecule has 98 valence electrons. The van der Waals surface area contributed by atoms with Crippen LogP contribution in [0.15, 0.2) is 0 Å². The zero-order valence-corrected chi connectivity index (χ0v) is 11.4. The molecule has 16 heavy (non-hydrogen) atoms. The predicted octanol–water partition coefficient (Wildman–Crippen LogP) is 0.710. The van der Waals surface area contributed by atoms with Crippen LogP contribution < -0.4 is 0 Å². The van der Waals surface area contributed by atoms with Gasteiger partial charge in [-0.05, 0) is 20.3 Å². The van der Waals surface area contributed by atoms with Crippen molar-refractivity contribution >= 4 is 10.0 Å². The van der Waals surface area contributed by atoms with Crippen LogP contribution in [0.5, 0.6) is 0 Å². The third-order valence-electron chi connectivity index (χ3n) is 2.26. The van der Waals surface area contributed by atoms with Crippen molar-refractivity contribution in [2.24, 2.45) is 0 Å². The number of ether oxygens (including phenoxy) is 2. The van der Waals surface area contributed by atoms with E-state index in [0.29, 0.717) is 32.7 Å². The van der Waals surface area contributed by atoms with Crippen LogP contribution in [0.25, 0.3) is 0 Å². The SMILES string of the molecule is COCCCN(CCOC)S(=O)(=O)C(C)C. The van der Waals surface area contributed by atoms with Gasteiger partial charge in [0.15, 0.2) is 0 Å². The minimum atomic E-state index is -3.19. The fraction of sp³-hybridized carbons (Fsp3) is 1.00. The van der Waals surface area contributed by atoms with Gasteiger partial charge in [0.2, 0.25) is 10.0 Å². The van der Waals surface area contributed by atoms with E-state index in [-0.39, 0.29) is 0 Å². The summed E-state index contributed by atoms with van der Waals surface area (Å²) in [6.45, 7) is 5.24. The Morgan fingerprint density at radius 2 is 1.62 bits per heavy atom. The first-order chi connectivity index (χ1) is 7.46. The lowest BCUT2D eigenvalue weighted by atomic mass is 10.4. The molecule has 0 saturated heterocycles. The Morgan fingerprint density at radius 1 is 1.06 bits per heavy atom. The first kappa shape index (κ1) is 15.8. The van der Waals surface area contributed by atoms with E-state index in [1.807, 2.05) is 0 Å². The molecule has 0 aliphatic rings. The van der Waals surface area contributed by atoms with E-state index >= 15 is 0 Å². The molecule has 0 unspecified atom stereocenters. The van der Waals surface area contributed by atoms with Crippen LogP contribution in [0.3, 0.4) is 0 Å². The Labute approximate surface area is 98.8 Å². The lowest BCUT2D eigenvalue weighted by Crippen LogP contribution is -2.39. The van der Waals surface area contributed by atoms with Crippen molar-refractivity contribution in [3.8, 4) is 0 Å². The molecule has 0 spiro atoms. The van der Waals surface area contributed by atoms with Gasteiger partial charge in [-0.15, -0.1) is 0 Å². The standard InChI is InChI=1S/C10H23NO4S/c1-10(2)16(12,13)11(7-9-15-4)6-5-8-14-3/h10H,5-9H2,1-4H3. The smallest absolute Gasteiger partial charge is 0.216 e. The number of hydrogen-bond donors (Lipinski definition) is 0. The highest BCUT2D eigenvalue weighted by molar-refractivity contribution is 7.89. The molecule has 0 N–H and O–H groups in total. The summed E-state index contributed by atoms with van der Waals surface area (Å²) in [6, 6.07) is 0. The van der Waals surface area contributed by atoms with Crippen LogP contribution in [0, 0.1) is 0 Å². The summed E-state index contributed by atoms with van der Waals surface area (Å²) >= 11 is 0. The highest BCUT2D eigenvalue weighted by Gasteiger charge is 2.24. The summed E-state index contributed by atoms with van der Waals surface area (Å²) < 4.78 is 35.2. The summed E-state index contributed by atoms with van der Waals surface area (Å²) in [5.74, 6) is 0. The molecule has 0 amide bonds. The Bertz CT molecular complexity index is 264. The van der Waals surface area contributed by atoms with E-state index < -0.39 is 15.3 Å². The van der Waals surface area contributed by atoms with E-state index in [2.05, 4.69) is 0 Å². The van der Waals surface area contributed by atoms with Gasteiger partial charge < -0.3 is 9.47 Å². The maximum absolute atomic E-state index is 12.0. The molecule has 0 bridgehead atoms. The summed E-state index contributed by atoms with van der Waals surface area (Å²) in [6.07, 6.45) is 0.701. The second kappa shape index (κ2) is 8.00. The minimum Gasteiger partial charge on any atom is -0.385 e. The molecule has 0 aromatic carbocycles. The number of methoxy groups -OCH3 is 2. The normalized spacial score (nSPS) is 12.6. The van der Waals surface area contributed by atoms with Crippen LogP contribution in [-0.2, 0) is 19.5 Å². The van der Waals surface area contributed by atoms with Crippen molar-refractivity contribution in [2.45, 2.75) is 25.5 Å². The molecule has 0 aliphatic heterocycles. The van der Waals surface area contributed by atoms with Gasteiger partial charge in [0, 0.05) is 33.9 Å². The van der Waals surface area contributed by atoms with Gasteiger partial charge in [0.05, 0.1) is 11.9 Å². The highest BCUT2D eigenvalue weighted by Crippen LogP contribution is 2.09. The molecular formula is C10H23NO4S. The second-order valence-electron chi connectivity index (χ2n) is 3.83. The van der Waals surface area contributed by atoms with Gasteiger partial charge >= 0.3 is 0 Å². The number of hydrogen-bond acceptors (Lipinski definition) is 4. The van der Waals surface area contributed by atoms with Gasteiger partial charge in [-0.3, -0.25) is 0 Å². The quantitative estimate of drug-likeness (QED) is 0.568. The van der Waals surface area contributed by atoms with Crippen molar-refractivity contribution in [2.75, 3.05) is 40.5 Å². The Balaban J connectivity index is 4.41. The molecule has 0 rings (SSSR count). The monoisotopic (exact) mass is 253 g/mol.